The molecule has 3 aromatic heterocycles. The fourth-order valence-electron chi connectivity index (χ4n) is 2.22. The van der Waals surface area contributed by atoms with Gasteiger partial charge in [-0.1, -0.05) is 5.16 Å². The molecule has 0 bridgehead atoms. The maximum atomic E-state index is 12.2. The van der Waals surface area contributed by atoms with E-state index in [4.69, 9.17) is 4.52 Å². The molecule has 0 aliphatic rings. The summed E-state index contributed by atoms with van der Waals surface area (Å²) in [6.45, 7) is 2.20. The van der Waals surface area contributed by atoms with Crippen LogP contribution in [0.3, 0.4) is 0 Å². The minimum absolute atomic E-state index is 0.205. The van der Waals surface area contributed by atoms with Crippen molar-refractivity contribution in [1.29, 1.82) is 0 Å². The number of nitrogens with zero attached hydrogens (tertiary/aromatic N) is 5. The maximum absolute atomic E-state index is 12.2. The Morgan fingerprint density at radius 2 is 2.25 bits per heavy atom. The highest BCUT2D eigenvalue weighted by atomic mass is 16.5. The minimum Gasteiger partial charge on any atom is -0.361 e. The summed E-state index contributed by atoms with van der Waals surface area (Å²) in [7, 11) is 1.64. The van der Waals surface area contributed by atoms with Gasteiger partial charge in [-0.2, -0.15) is 0 Å². The normalized spacial score (nSPS) is 10.8. The van der Waals surface area contributed by atoms with Crippen LogP contribution in [0.1, 0.15) is 16.2 Å². The lowest BCUT2D eigenvalue weighted by molar-refractivity contribution is 0.0942. The molecule has 1 N–H and O–H groups in total. The van der Waals surface area contributed by atoms with Crippen LogP contribution < -0.4 is 11.0 Å². The maximum Gasteiger partial charge on any atom is 0.345 e. The summed E-state index contributed by atoms with van der Waals surface area (Å²) in [6.07, 6.45) is 3.29. The van der Waals surface area contributed by atoms with Crippen molar-refractivity contribution in [3.63, 3.8) is 0 Å². The Labute approximate surface area is 136 Å². The van der Waals surface area contributed by atoms with Gasteiger partial charge in [-0.05, 0) is 19.1 Å². The predicted molar refractivity (Wildman–Crippen MR) is 84.3 cm³/mol. The van der Waals surface area contributed by atoms with Crippen molar-refractivity contribution in [3.05, 3.63) is 52.5 Å². The molecular weight excluding hydrogens is 312 g/mol. The fourth-order valence-corrected chi connectivity index (χ4v) is 2.22. The summed E-state index contributed by atoms with van der Waals surface area (Å²) >= 11 is 0. The van der Waals surface area contributed by atoms with Gasteiger partial charge in [0.2, 0.25) is 0 Å². The molecule has 0 aliphatic heterocycles. The first-order valence-electron chi connectivity index (χ1n) is 7.32. The summed E-state index contributed by atoms with van der Waals surface area (Å²) in [6, 6.07) is 5.15. The zero-order valence-electron chi connectivity index (χ0n) is 13.3. The standard InChI is InChI=1S/C15H16N6O3/c1-10-8-12(19-24-10)14(22)17-6-7-21-15(23)20(2)13(18-21)11-4-3-5-16-9-11/h3-5,8-9H,6-7H2,1-2H3,(H,17,22). The highest BCUT2D eigenvalue weighted by molar-refractivity contribution is 5.92. The first-order chi connectivity index (χ1) is 11.6. The van der Waals surface area contributed by atoms with Gasteiger partial charge in [0.05, 0.1) is 6.54 Å². The molecule has 3 heterocycles. The molecule has 0 saturated heterocycles. The topological polar surface area (TPSA) is 108 Å². The Balaban J connectivity index is 1.68. The average molecular weight is 328 g/mol. The van der Waals surface area contributed by atoms with Crippen LogP contribution in [0.5, 0.6) is 0 Å². The van der Waals surface area contributed by atoms with Crippen molar-refractivity contribution in [2.24, 2.45) is 7.05 Å². The third kappa shape index (κ3) is 3.09. The number of carbonyl (C=O) groups excluding carboxylic acids is 1. The second-order valence-electron chi connectivity index (χ2n) is 5.21. The van der Waals surface area contributed by atoms with E-state index in [1.807, 2.05) is 6.07 Å². The molecule has 0 fully saturated rings. The first kappa shape index (κ1) is 15.7. The number of rotatable bonds is 5. The van der Waals surface area contributed by atoms with Crippen LogP contribution in [0.25, 0.3) is 11.4 Å². The molecule has 0 unspecified atom stereocenters. The third-order valence-corrected chi connectivity index (χ3v) is 3.43. The number of aryl methyl sites for hydroxylation is 1. The summed E-state index contributed by atoms with van der Waals surface area (Å²) in [5.41, 5.74) is 0.690. The van der Waals surface area contributed by atoms with Crippen molar-refractivity contribution >= 4 is 5.91 Å². The number of nitrogens with one attached hydrogen (secondary N) is 1. The number of aromatic nitrogens is 5. The molecule has 3 rings (SSSR count). The summed E-state index contributed by atoms with van der Waals surface area (Å²) in [5, 5.41) is 10.6. The monoisotopic (exact) mass is 328 g/mol. The second kappa shape index (κ2) is 6.49. The lowest BCUT2D eigenvalue weighted by Crippen LogP contribution is -2.31. The van der Waals surface area contributed by atoms with Crippen LogP contribution in [-0.2, 0) is 13.6 Å². The van der Waals surface area contributed by atoms with E-state index in [0.29, 0.717) is 11.6 Å². The van der Waals surface area contributed by atoms with Gasteiger partial charge < -0.3 is 9.84 Å². The minimum atomic E-state index is -0.358. The van der Waals surface area contributed by atoms with Gasteiger partial charge in [0, 0.05) is 37.6 Å². The van der Waals surface area contributed by atoms with Gasteiger partial charge in [-0.3, -0.25) is 14.3 Å². The molecule has 0 atom stereocenters. The third-order valence-electron chi connectivity index (χ3n) is 3.43. The number of amides is 1. The Morgan fingerprint density at radius 3 is 2.92 bits per heavy atom. The van der Waals surface area contributed by atoms with Crippen molar-refractivity contribution in [2.75, 3.05) is 6.54 Å². The quantitative estimate of drug-likeness (QED) is 0.725. The SMILES string of the molecule is Cc1cc(C(=O)NCCn2nc(-c3cccnc3)n(C)c2=O)no1. The smallest absolute Gasteiger partial charge is 0.345 e. The molecule has 0 aromatic carbocycles. The van der Waals surface area contributed by atoms with E-state index in [-0.39, 0.29) is 30.4 Å². The largest absolute Gasteiger partial charge is 0.361 e. The van der Waals surface area contributed by atoms with Gasteiger partial charge >= 0.3 is 5.69 Å². The van der Waals surface area contributed by atoms with E-state index in [0.717, 1.165) is 5.56 Å². The highest BCUT2D eigenvalue weighted by Crippen LogP contribution is 2.12. The van der Waals surface area contributed by atoms with Gasteiger partial charge in [-0.25, -0.2) is 9.48 Å². The van der Waals surface area contributed by atoms with Gasteiger partial charge in [0.25, 0.3) is 5.91 Å². The Hall–Kier alpha value is -3.23. The number of hydrogen-bond acceptors (Lipinski definition) is 6. The summed E-state index contributed by atoms with van der Waals surface area (Å²) in [5.74, 6) is 0.720. The lowest BCUT2D eigenvalue weighted by atomic mass is 10.3. The average Bonchev–Trinajstić information content (AvgIpc) is 3.14. The number of hydrogen-bond donors (Lipinski definition) is 1. The fraction of sp³-hybridized carbons (Fsp3) is 0.267. The van der Waals surface area contributed by atoms with Gasteiger partial charge in [0.15, 0.2) is 11.5 Å². The molecule has 0 aliphatic carbocycles. The van der Waals surface area contributed by atoms with Crippen LogP contribution >= 0.6 is 0 Å². The molecule has 0 saturated carbocycles. The van der Waals surface area contributed by atoms with E-state index < -0.39 is 0 Å². The zero-order valence-corrected chi connectivity index (χ0v) is 13.3. The summed E-state index contributed by atoms with van der Waals surface area (Å²) in [4.78, 5) is 28.1. The molecular formula is C15H16N6O3. The van der Waals surface area contributed by atoms with E-state index in [1.165, 1.54) is 9.25 Å². The van der Waals surface area contributed by atoms with Crippen LogP contribution in [0.15, 0.2) is 39.9 Å². The van der Waals surface area contributed by atoms with E-state index >= 15 is 0 Å². The Morgan fingerprint density at radius 1 is 1.42 bits per heavy atom. The van der Waals surface area contributed by atoms with Crippen molar-refractivity contribution in [3.8, 4) is 11.4 Å². The van der Waals surface area contributed by atoms with Crippen LogP contribution in [0.2, 0.25) is 0 Å². The Bertz CT molecular complexity index is 909. The number of carbonyl (C=O) groups is 1. The molecule has 24 heavy (non-hydrogen) atoms. The van der Waals surface area contributed by atoms with Crippen LogP contribution in [0, 0.1) is 6.92 Å². The molecule has 0 radical (unpaired) electrons. The van der Waals surface area contributed by atoms with E-state index in [1.54, 1.807) is 38.5 Å². The van der Waals surface area contributed by atoms with Crippen molar-refractivity contribution in [2.45, 2.75) is 13.5 Å². The van der Waals surface area contributed by atoms with E-state index in [9.17, 15) is 9.59 Å². The highest BCUT2D eigenvalue weighted by Gasteiger charge is 2.13. The molecule has 9 nitrogen and oxygen atoms in total. The number of pyridine rings is 1. The second-order valence-corrected chi connectivity index (χ2v) is 5.21. The molecule has 3 aromatic rings. The molecule has 124 valence electrons. The van der Waals surface area contributed by atoms with Crippen LogP contribution in [0.4, 0.5) is 0 Å². The van der Waals surface area contributed by atoms with Crippen molar-refractivity contribution in [1.82, 2.24) is 29.8 Å². The van der Waals surface area contributed by atoms with Gasteiger partial charge in [-0.15, -0.1) is 5.10 Å². The van der Waals surface area contributed by atoms with Crippen molar-refractivity contribution < 1.29 is 9.32 Å². The molecule has 0 spiro atoms. The molecule has 1 amide bonds. The zero-order chi connectivity index (χ0) is 17.1. The molecule has 9 heteroatoms. The van der Waals surface area contributed by atoms with E-state index in [2.05, 4.69) is 20.6 Å². The lowest BCUT2D eigenvalue weighted by Gasteiger charge is -2.01. The van der Waals surface area contributed by atoms with Gasteiger partial charge in [0.1, 0.15) is 5.76 Å². The first-order valence-corrected chi connectivity index (χ1v) is 7.32. The summed E-state index contributed by atoms with van der Waals surface area (Å²) < 4.78 is 7.60. The Kier molecular flexibility index (Phi) is 4.23. The van der Waals surface area contributed by atoms with Crippen LogP contribution in [-0.4, -0.2) is 36.9 Å². The predicted octanol–water partition coefficient (Wildman–Crippen LogP) is 0.370.